The molecule has 0 aliphatic carbocycles. The van der Waals surface area contributed by atoms with Gasteiger partial charge in [-0.05, 0) is 33.2 Å². The van der Waals surface area contributed by atoms with E-state index in [1.165, 1.54) is 0 Å². The Bertz CT molecular complexity index is 386. The molecule has 2 N–H and O–H groups in total. The van der Waals surface area contributed by atoms with Gasteiger partial charge in [0.25, 0.3) is 0 Å². The normalized spacial score (nSPS) is 15.4. The molecule has 0 fully saturated rings. The summed E-state index contributed by atoms with van der Waals surface area (Å²) in [6.45, 7) is 11.4. The van der Waals surface area contributed by atoms with E-state index < -0.39 is 5.60 Å². The maximum Gasteiger partial charge on any atom is 0.117 e. The quantitative estimate of drug-likeness (QED) is 0.838. The van der Waals surface area contributed by atoms with Crippen LogP contribution in [0.4, 0.5) is 0 Å². The Hall–Kier alpha value is -0.580. The monoisotopic (exact) mass is 273 g/mol. The third-order valence-corrected chi connectivity index (χ3v) is 3.05. The van der Waals surface area contributed by atoms with E-state index >= 15 is 0 Å². The van der Waals surface area contributed by atoms with E-state index in [9.17, 15) is 5.11 Å². The summed E-state index contributed by atoms with van der Waals surface area (Å²) in [6.07, 6.45) is 1.59. The first-order valence-electron chi connectivity index (χ1n) is 6.42. The predicted molar refractivity (Wildman–Crippen MR) is 74.9 cm³/mol. The van der Waals surface area contributed by atoms with E-state index in [1.54, 1.807) is 17.8 Å². The zero-order valence-corrected chi connectivity index (χ0v) is 12.6. The molecular weight excluding hydrogens is 250 g/mol. The zero-order chi connectivity index (χ0) is 13.9. The van der Waals surface area contributed by atoms with Crippen molar-refractivity contribution < 1.29 is 5.11 Å². The van der Waals surface area contributed by atoms with E-state index in [2.05, 4.69) is 24.3 Å². The molecule has 0 bridgehead atoms. The van der Waals surface area contributed by atoms with Crippen molar-refractivity contribution in [2.45, 2.75) is 46.3 Å². The van der Waals surface area contributed by atoms with Gasteiger partial charge in [-0.15, -0.1) is 0 Å². The van der Waals surface area contributed by atoms with Gasteiger partial charge in [0.2, 0.25) is 0 Å². The molecule has 18 heavy (non-hydrogen) atoms. The lowest BCUT2D eigenvalue weighted by Crippen LogP contribution is -2.39. The molecule has 0 aliphatic heterocycles. The summed E-state index contributed by atoms with van der Waals surface area (Å²) in [7, 11) is 0. The van der Waals surface area contributed by atoms with Gasteiger partial charge in [-0.3, -0.25) is 4.68 Å². The smallest absolute Gasteiger partial charge is 0.117 e. The van der Waals surface area contributed by atoms with E-state index in [0.29, 0.717) is 23.2 Å². The lowest BCUT2D eigenvalue weighted by molar-refractivity contribution is 0.0458. The highest BCUT2D eigenvalue weighted by atomic mass is 35.5. The van der Waals surface area contributed by atoms with Crippen molar-refractivity contribution in [1.82, 2.24) is 15.1 Å². The number of aromatic nitrogens is 2. The minimum absolute atomic E-state index is 0.170. The van der Waals surface area contributed by atoms with Crippen LogP contribution in [0.15, 0.2) is 6.20 Å². The van der Waals surface area contributed by atoms with Crippen molar-refractivity contribution in [2.75, 3.05) is 13.1 Å². The molecule has 0 spiro atoms. The van der Waals surface area contributed by atoms with Crippen LogP contribution in [0.1, 0.15) is 46.4 Å². The van der Waals surface area contributed by atoms with Crippen LogP contribution >= 0.6 is 11.6 Å². The Balaban J connectivity index is 2.86. The van der Waals surface area contributed by atoms with Gasteiger partial charge in [-0.1, -0.05) is 25.4 Å². The Morgan fingerprint density at radius 1 is 1.44 bits per heavy atom. The Morgan fingerprint density at radius 3 is 2.56 bits per heavy atom. The van der Waals surface area contributed by atoms with Gasteiger partial charge in [-0.25, -0.2) is 0 Å². The second-order valence-corrected chi connectivity index (χ2v) is 6.09. The first-order valence-corrected chi connectivity index (χ1v) is 6.80. The van der Waals surface area contributed by atoms with Crippen molar-refractivity contribution in [3.8, 4) is 0 Å². The number of hydrogen-bond acceptors (Lipinski definition) is 3. The minimum atomic E-state index is -1.02. The molecule has 4 nitrogen and oxygen atoms in total. The molecule has 1 aromatic rings. The fraction of sp³-hybridized carbons (Fsp3) is 0.769. The van der Waals surface area contributed by atoms with Gasteiger partial charge in [-0.2, -0.15) is 5.10 Å². The maximum absolute atomic E-state index is 10.6. The molecular formula is C13H24ClN3O. The fourth-order valence-corrected chi connectivity index (χ4v) is 2.26. The molecule has 0 aliphatic rings. The average Bonchev–Trinajstić information content (AvgIpc) is 2.59. The largest absolute Gasteiger partial charge is 0.382 e. The number of rotatable bonds is 6. The van der Waals surface area contributed by atoms with Gasteiger partial charge in [0.15, 0.2) is 0 Å². The van der Waals surface area contributed by atoms with Gasteiger partial charge in [0.05, 0.1) is 16.9 Å². The van der Waals surface area contributed by atoms with Crippen LogP contribution < -0.4 is 5.32 Å². The standard InChI is InChI=1S/C13H24ClN3O/c1-9(2)6-15-8-13(5,18)12-11(14)7-16-17(12)10(3)4/h7,9-10,15,18H,6,8H2,1-5H3. The Labute approximate surface area is 114 Å². The Kier molecular flexibility index (Phi) is 5.20. The fourth-order valence-electron chi connectivity index (χ4n) is 1.92. The Morgan fingerprint density at radius 2 is 2.06 bits per heavy atom. The van der Waals surface area contributed by atoms with Crippen molar-refractivity contribution in [1.29, 1.82) is 0 Å². The molecule has 1 unspecified atom stereocenters. The molecule has 1 atom stereocenters. The summed E-state index contributed by atoms with van der Waals surface area (Å²) in [5.74, 6) is 0.547. The average molecular weight is 274 g/mol. The molecule has 1 rings (SSSR count). The van der Waals surface area contributed by atoms with Crippen LogP contribution in [-0.4, -0.2) is 28.0 Å². The summed E-state index contributed by atoms with van der Waals surface area (Å²) in [5.41, 5.74) is -0.345. The van der Waals surface area contributed by atoms with E-state index in [4.69, 9.17) is 11.6 Å². The van der Waals surface area contributed by atoms with Gasteiger partial charge in [0.1, 0.15) is 5.60 Å². The van der Waals surface area contributed by atoms with E-state index in [-0.39, 0.29) is 6.04 Å². The van der Waals surface area contributed by atoms with Crippen LogP contribution in [-0.2, 0) is 5.60 Å². The van der Waals surface area contributed by atoms with Crippen LogP contribution in [0.5, 0.6) is 0 Å². The third kappa shape index (κ3) is 3.70. The second-order valence-electron chi connectivity index (χ2n) is 5.68. The summed E-state index contributed by atoms with van der Waals surface area (Å²) in [4.78, 5) is 0. The number of nitrogens with one attached hydrogen (secondary N) is 1. The van der Waals surface area contributed by atoms with Gasteiger partial charge < -0.3 is 10.4 Å². The highest BCUT2D eigenvalue weighted by Crippen LogP contribution is 2.29. The SMILES string of the molecule is CC(C)CNCC(C)(O)c1c(Cl)cnn1C(C)C. The third-order valence-electron chi connectivity index (χ3n) is 2.77. The van der Waals surface area contributed by atoms with Crippen molar-refractivity contribution in [3.63, 3.8) is 0 Å². The van der Waals surface area contributed by atoms with Crippen molar-refractivity contribution in [2.24, 2.45) is 5.92 Å². The molecule has 104 valence electrons. The number of halogens is 1. The van der Waals surface area contributed by atoms with Crippen molar-refractivity contribution in [3.05, 3.63) is 16.9 Å². The number of nitrogens with zero attached hydrogens (tertiary/aromatic N) is 2. The van der Waals surface area contributed by atoms with Crippen LogP contribution in [0, 0.1) is 5.92 Å². The topological polar surface area (TPSA) is 50.1 Å². The highest BCUT2D eigenvalue weighted by molar-refractivity contribution is 6.31. The van der Waals surface area contributed by atoms with E-state index in [1.807, 2.05) is 13.8 Å². The molecule has 0 amide bonds. The van der Waals surface area contributed by atoms with Crippen molar-refractivity contribution >= 4 is 11.6 Å². The molecule has 0 aromatic carbocycles. The van der Waals surface area contributed by atoms with Crippen LogP contribution in [0.25, 0.3) is 0 Å². The summed E-state index contributed by atoms with van der Waals surface area (Å²) >= 11 is 6.14. The minimum Gasteiger partial charge on any atom is -0.382 e. The molecule has 0 saturated carbocycles. The first-order chi connectivity index (χ1) is 8.25. The summed E-state index contributed by atoms with van der Waals surface area (Å²) in [5, 5.41) is 18.6. The van der Waals surface area contributed by atoms with E-state index in [0.717, 1.165) is 6.54 Å². The molecule has 0 saturated heterocycles. The number of hydrogen-bond donors (Lipinski definition) is 2. The molecule has 5 heteroatoms. The number of aliphatic hydroxyl groups is 1. The molecule has 0 radical (unpaired) electrons. The summed E-state index contributed by atoms with van der Waals surface area (Å²) < 4.78 is 1.78. The maximum atomic E-state index is 10.6. The first kappa shape index (κ1) is 15.5. The van der Waals surface area contributed by atoms with Gasteiger partial charge >= 0.3 is 0 Å². The second kappa shape index (κ2) is 6.04. The van der Waals surface area contributed by atoms with Gasteiger partial charge in [0, 0.05) is 12.6 Å². The lowest BCUT2D eigenvalue weighted by atomic mass is 10.0. The molecule has 1 heterocycles. The zero-order valence-electron chi connectivity index (χ0n) is 11.9. The lowest BCUT2D eigenvalue weighted by Gasteiger charge is -2.27. The summed E-state index contributed by atoms with van der Waals surface area (Å²) in [6, 6.07) is 0.170. The highest BCUT2D eigenvalue weighted by Gasteiger charge is 2.30. The predicted octanol–water partition coefficient (Wildman–Crippen LogP) is 2.57. The molecule has 1 aromatic heterocycles. The van der Waals surface area contributed by atoms with Crippen LogP contribution in [0.2, 0.25) is 5.02 Å². The van der Waals surface area contributed by atoms with Crippen LogP contribution in [0.3, 0.4) is 0 Å².